The first kappa shape index (κ1) is 19.7. The van der Waals surface area contributed by atoms with Crippen LogP contribution in [-0.2, 0) is 6.42 Å². The number of Topliss-reactive ketones (excluding diaryl/α,β-unsaturated/α-hetero) is 1. The standard InChI is InChI=1S/C27H23NO5/c1-30-21-9-8-18-20(27(21)31-2)14-28-11-10-17-12-22-23(33-15-32-22)13-19(17)25(28)24(18)26(29)16-6-4-3-5-7-16/h3-9,12-14,25H,10-11,15H2,1-2H3. The van der Waals surface area contributed by atoms with Crippen LogP contribution >= 0.6 is 0 Å². The highest BCUT2D eigenvalue weighted by molar-refractivity contribution is 6.26. The normalized spacial score (nSPS) is 17.5. The molecule has 0 saturated carbocycles. The molecule has 0 spiro atoms. The highest BCUT2D eigenvalue weighted by Gasteiger charge is 2.37. The number of methoxy groups -OCH3 is 2. The Balaban J connectivity index is 1.66. The molecule has 0 fully saturated rings. The Morgan fingerprint density at radius 1 is 1.00 bits per heavy atom. The Morgan fingerprint density at radius 2 is 1.79 bits per heavy atom. The Hall–Kier alpha value is -3.93. The van der Waals surface area contributed by atoms with Gasteiger partial charge in [0.1, 0.15) is 0 Å². The van der Waals surface area contributed by atoms with E-state index >= 15 is 0 Å². The molecule has 0 aromatic heterocycles. The minimum absolute atomic E-state index is 0.00214. The van der Waals surface area contributed by atoms with Gasteiger partial charge in [-0.2, -0.15) is 0 Å². The summed E-state index contributed by atoms with van der Waals surface area (Å²) in [4.78, 5) is 16.2. The topological polar surface area (TPSA) is 57.2 Å². The molecule has 0 radical (unpaired) electrons. The van der Waals surface area contributed by atoms with E-state index in [1.54, 1.807) is 14.2 Å². The number of benzene rings is 3. The van der Waals surface area contributed by atoms with Crippen molar-refractivity contribution in [3.63, 3.8) is 0 Å². The van der Waals surface area contributed by atoms with Crippen LogP contribution in [0.5, 0.6) is 23.0 Å². The Morgan fingerprint density at radius 3 is 2.55 bits per heavy atom. The van der Waals surface area contributed by atoms with Gasteiger partial charge in [-0.3, -0.25) is 4.79 Å². The summed E-state index contributed by atoms with van der Waals surface area (Å²) in [5.41, 5.74) is 3.63. The molecule has 3 aliphatic heterocycles. The Bertz CT molecular complexity index is 1400. The van der Waals surface area contributed by atoms with Gasteiger partial charge in [-0.15, -0.1) is 0 Å². The summed E-state index contributed by atoms with van der Waals surface area (Å²) < 4.78 is 22.6. The molecular formula is C27H23NO5. The maximum atomic E-state index is 14.0. The number of hydrogen-bond acceptors (Lipinski definition) is 6. The molecule has 0 amide bonds. The average Bonchev–Trinajstić information content (AvgIpc) is 3.32. The molecule has 6 nitrogen and oxygen atoms in total. The highest BCUT2D eigenvalue weighted by Crippen LogP contribution is 2.44. The van der Waals surface area contributed by atoms with Crippen molar-refractivity contribution in [2.75, 3.05) is 27.6 Å². The molecule has 166 valence electrons. The van der Waals surface area contributed by atoms with E-state index in [2.05, 4.69) is 17.2 Å². The van der Waals surface area contributed by atoms with Crippen molar-refractivity contribution in [1.82, 2.24) is 4.90 Å². The van der Waals surface area contributed by atoms with Crippen LogP contribution in [0.25, 0.3) is 11.8 Å². The monoisotopic (exact) mass is 441 g/mol. The van der Waals surface area contributed by atoms with Crippen molar-refractivity contribution in [2.45, 2.75) is 12.5 Å². The van der Waals surface area contributed by atoms with Gasteiger partial charge in [-0.05, 0) is 47.0 Å². The van der Waals surface area contributed by atoms with Gasteiger partial charge >= 0.3 is 0 Å². The summed E-state index contributed by atoms with van der Waals surface area (Å²) in [5.74, 6) is 2.75. The molecule has 1 unspecified atom stereocenters. The molecule has 0 saturated heterocycles. The summed E-state index contributed by atoms with van der Waals surface area (Å²) in [5, 5.41) is 1.71. The van der Waals surface area contributed by atoms with E-state index < -0.39 is 0 Å². The van der Waals surface area contributed by atoms with E-state index in [1.165, 1.54) is 5.56 Å². The van der Waals surface area contributed by atoms with Crippen LogP contribution in [0.2, 0.25) is 0 Å². The summed E-state index contributed by atoms with van der Waals surface area (Å²) in [7, 11) is 3.25. The zero-order chi connectivity index (χ0) is 22.5. The first-order valence-corrected chi connectivity index (χ1v) is 10.9. The second-order valence-corrected chi connectivity index (χ2v) is 8.29. The minimum Gasteiger partial charge on any atom is -0.493 e. The molecule has 0 N–H and O–H groups in total. The van der Waals surface area contributed by atoms with Gasteiger partial charge in [0, 0.05) is 29.1 Å². The molecule has 3 heterocycles. The summed E-state index contributed by atoms with van der Waals surface area (Å²) in [6.45, 7) is 0.987. The molecule has 3 aromatic carbocycles. The maximum Gasteiger partial charge on any atom is 0.231 e. The fourth-order valence-electron chi connectivity index (χ4n) is 5.11. The summed E-state index contributed by atoms with van der Waals surface area (Å²) in [6.07, 6.45) is 2.93. The molecule has 6 heteroatoms. The van der Waals surface area contributed by atoms with Gasteiger partial charge in [0.15, 0.2) is 28.8 Å². The van der Waals surface area contributed by atoms with Crippen molar-refractivity contribution in [3.8, 4) is 23.0 Å². The van der Waals surface area contributed by atoms with Crippen molar-refractivity contribution < 1.29 is 23.7 Å². The fourth-order valence-corrected chi connectivity index (χ4v) is 5.11. The molecule has 3 aromatic rings. The van der Waals surface area contributed by atoms with E-state index in [9.17, 15) is 4.79 Å². The van der Waals surface area contributed by atoms with Gasteiger partial charge in [0.25, 0.3) is 0 Å². The third-order valence-electron chi connectivity index (χ3n) is 6.62. The molecule has 33 heavy (non-hydrogen) atoms. The Labute approximate surface area is 191 Å². The number of ketones is 1. The lowest BCUT2D eigenvalue weighted by atomic mass is 9.82. The second-order valence-electron chi connectivity index (χ2n) is 8.29. The summed E-state index contributed by atoms with van der Waals surface area (Å²) in [6, 6.07) is 17.1. The van der Waals surface area contributed by atoms with Crippen molar-refractivity contribution >= 4 is 17.6 Å². The van der Waals surface area contributed by atoms with Gasteiger partial charge in [0.05, 0.1) is 20.3 Å². The highest BCUT2D eigenvalue weighted by atomic mass is 16.7. The number of nitrogens with zero attached hydrogens (tertiary/aromatic N) is 1. The first-order chi connectivity index (χ1) is 16.2. The van der Waals surface area contributed by atoms with Crippen LogP contribution in [0, 0.1) is 0 Å². The predicted molar refractivity (Wildman–Crippen MR) is 123 cm³/mol. The third-order valence-corrected chi connectivity index (χ3v) is 6.62. The molecule has 6 rings (SSSR count). The molecule has 0 bridgehead atoms. The predicted octanol–water partition coefficient (Wildman–Crippen LogP) is 2.82. The zero-order valence-corrected chi connectivity index (χ0v) is 18.5. The van der Waals surface area contributed by atoms with Crippen LogP contribution in [-0.4, -0.2) is 38.2 Å². The van der Waals surface area contributed by atoms with E-state index in [0.29, 0.717) is 17.1 Å². The number of rotatable bonds is 4. The zero-order valence-electron chi connectivity index (χ0n) is 18.5. The average molecular weight is 441 g/mol. The number of carbonyl (C=O) groups excluding carboxylic acids is 1. The van der Waals surface area contributed by atoms with Crippen molar-refractivity contribution in [2.24, 2.45) is 0 Å². The van der Waals surface area contributed by atoms with Crippen LogP contribution in [0.4, 0.5) is 0 Å². The second kappa shape index (κ2) is 7.59. The SMILES string of the molecule is COc1ccc2c(c1OC)=CN1CCc3cc4c(cc3C1C=2C(=O)c1ccccc1)OCO4. The molecule has 1 atom stereocenters. The summed E-state index contributed by atoms with van der Waals surface area (Å²) >= 11 is 0. The number of hydrogen-bond donors (Lipinski definition) is 0. The van der Waals surface area contributed by atoms with Crippen LogP contribution in [0.3, 0.4) is 0 Å². The molecule has 3 aliphatic rings. The van der Waals surface area contributed by atoms with E-state index in [4.69, 9.17) is 18.9 Å². The van der Waals surface area contributed by atoms with Gasteiger partial charge in [-0.25, -0.2) is 0 Å². The number of fused-ring (bicyclic) bond motifs is 5. The minimum atomic E-state index is -0.235. The first-order valence-electron chi connectivity index (χ1n) is 10.9. The van der Waals surface area contributed by atoms with Gasteiger partial charge in [0.2, 0.25) is 6.79 Å². The largest absolute Gasteiger partial charge is 0.493 e. The van der Waals surface area contributed by atoms with E-state index in [0.717, 1.165) is 46.0 Å². The van der Waals surface area contributed by atoms with Crippen LogP contribution < -0.4 is 29.4 Å². The van der Waals surface area contributed by atoms with Gasteiger partial charge < -0.3 is 23.8 Å². The maximum absolute atomic E-state index is 14.0. The van der Waals surface area contributed by atoms with Gasteiger partial charge in [-0.1, -0.05) is 30.3 Å². The lowest BCUT2D eigenvalue weighted by Gasteiger charge is -2.40. The Kier molecular flexibility index (Phi) is 4.54. The fraction of sp³-hybridized carbons (Fsp3) is 0.222. The van der Waals surface area contributed by atoms with E-state index in [1.807, 2.05) is 48.5 Å². The number of ether oxygens (including phenoxy) is 4. The molecular weight excluding hydrogens is 418 g/mol. The smallest absolute Gasteiger partial charge is 0.231 e. The molecule has 0 aliphatic carbocycles. The van der Waals surface area contributed by atoms with Crippen molar-refractivity contribution in [1.29, 1.82) is 0 Å². The third kappa shape index (κ3) is 2.98. The van der Waals surface area contributed by atoms with E-state index in [-0.39, 0.29) is 18.6 Å². The van der Waals surface area contributed by atoms with Crippen LogP contribution in [0.1, 0.15) is 27.5 Å². The lowest BCUT2D eigenvalue weighted by molar-refractivity contribution is 0.104. The quantitative estimate of drug-likeness (QED) is 0.581. The van der Waals surface area contributed by atoms with Crippen molar-refractivity contribution in [3.05, 3.63) is 81.7 Å². The number of carbonyl (C=O) groups is 1. The van der Waals surface area contributed by atoms with Crippen LogP contribution in [0.15, 0.2) is 54.6 Å². The lowest BCUT2D eigenvalue weighted by Crippen LogP contribution is -2.46.